The molecule has 7 heteroatoms. The molecule has 0 aromatic carbocycles. The van der Waals surface area contributed by atoms with Gasteiger partial charge in [0, 0.05) is 6.54 Å². The molecule has 1 heterocycles. The van der Waals surface area contributed by atoms with Crippen molar-refractivity contribution in [3.05, 3.63) is 11.4 Å². The van der Waals surface area contributed by atoms with Crippen molar-refractivity contribution in [3.8, 4) is 0 Å². The van der Waals surface area contributed by atoms with Crippen molar-refractivity contribution in [1.29, 1.82) is 0 Å². The quantitative estimate of drug-likeness (QED) is 0.902. The molecule has 1 fully saturated rings. The maximum atomic E-state index is 12.9. The number of aromatic carboxylic acids is 1. The molecule has 1 saturated carbocycles. The van der Waals surface area contributed by atoms with E-state index < -0.39 is 23.8 Å². The van der Waals surface area contributed by atoms with Crippen LogP contribution in [0.1, 0.15) is 54.7 Å². The lowest BCUT2D eigenvalue weighted by Gasteiger charge is -2.21. The second-order valence-corrected chi connectivity index (χ2v) is 4.62. The largest absolute Gasteiger partial charge is 0.476 e. The average Bonchev–Trinajstić information content (AvgIpc) is 2.74. The zero-order valence-corrected chi connectivity index (χ0v) is 9.85. The van der Waals surface area contributed by atoms with Crippen LogP contribution in [-0.2, 0) is 6.54 Å². The summed E-state index contributed by atoms with van der Waals surface area (Å²) >= 11 is 0. The second-order valence-electron chi connectivity index (χ2n) is 4.62. The van der Waals surface area contributed by atoms with Gasteiger partial charge in [-0.25, -0.2) is 18.3 Å². The van der Waals surface area contributed by atoms with Crippen LogP contribution in [0.5, 0.6) is 0 Å². The fourth-order valence-corrected chi connectivity index (χ4v) is 2.44. The molecule has 5 nitrogen and oxygen atoms in total. The molecule has 100 valence electrons. The minimum absolute atomic E-state index is 0.291. The van der Waals surface area contributed by atoms with Crippen LogP contribution in [0.4, 0.5) is 8.78 Å². The van der Waals surface area contributed by atoms with Gasteiger partial charge in [0.05, 0.1) is 0 Å². The van der Waals surface area contributed by atoms with E-state index in [0.717, 1.165) is 30.4 Å². The van der Waals surface area contributed by atoms with Gasteiger partial charge in [0.2, 0.25) is 0 Å². The Kier molecular flexibility index (Phi) is 3.88. The van der Waals surface area contributed by atoms with Gasteiger partial charge < -0.3 is 5.11 Å². The first-order valence-electron chi connectivity index (χ1n) is 6.04. The van der Waals surface area contributed by atoms with Gasteiger partial charge >= 0.3 is 5.97 Å². The van der Waals surface area contributed by atoms with E-state index in [1.54, 1.807) is 0 Å². The van der Waals surface area contributed by atoms with Crippen molar-refractivity contribution in [2.75, 3.05) is 0 Å². The number of alkyl halides is 2. The van der Waals surface area contributed by atoms with E-state index >= 15 is 0 Å². The molecule has 0 unspecified atom stereocenters. The highest BCUT2D eigenvalue weighted by molar-refractivity contribution is 5.86. The van der Waals surface area contributed by atoms with Crippen LogP contribution < -0.4 is 0 Å². The van der Waals surface area contributed by atoms with Crippen LogP contribution in [0.2, 0.25) is 0 Å². The van der Waals surface area contributed by atoms with Gasteiger partial charge in [-0.3, -0.25) is 0 Å². The molecule has 1 aliphatic rings. The number of halogens is 2. The summed E-state index contributed by atoms with van der Waals surface area (Å²) in [4.78, 5) is 10.8. The fourth-order valence-electron chi connectivity index (χ4n) is 2.44. The molecule has 2 rings (SSSR count). The number of carboxylic acids is 1. The number of carboxylic acid groups (broad SMARTS) is 1. The number of hydrogen-bond acceptors (Lipinski definition) is 3. The number of nitrogens with zero attached hydrogens (tertiary/aromatic N) is 3. The Hall–Kier alpha value is -1.53. The third-order valence-electron chi connectivity index (χ3n) is 3.34. The maximum absolute atomic E-state index is 12.9. The molecule has 0 bridgehead atoms. The summed E-state index contributed by atoms with van der Waals surface area (Å²) < 4.78 is 26.8. The maximum Gasteiger partial charge on any atom is 0.358 e. The first-order chi connectivity index (χ1) is 8.59. The molecule has 18 heavy (non-hydrogen) atoms. The van der Waals surface area contributed by atoms with Crippen molar-refractivity contribution in [3.63, 3.8) is 0 Å². The van der Waals surface area contributed by atoms with Crippen molar-refractivity contribution in [1.82, 2.24) is 15.0 Å². The summed E-state index contributed by atoms with van der Waals surface area (Å²) in [5.74, 6) is -1.17. The van der Waals surface area contributed by atoms with Gasteiger partial charge in [0.25, 0.3) is 6.43 Å². The predicted molar refractivity (Wildman–Crippen MR) is 58.5 cm³/mol. The number of carbonyl (C=O) groups is 1. The second kappa shape index (κ2) is 5.41. The zero-order chi connectivity index (χ0) is 13.1. The summed E-state index contributed by atoms with van der Waals surface area (Å²) in [6, 6.07) is 0. The van der Waals surface area contributed by atoms with Gasteiger partial charge in [0.15, 0.2) is 5.69 Å². The van der Waals surface area contributed by atoms with E-state index in [1.807, 2.05) is 0 Å². The Bertz CT molecular complexity index is 428. The van der Waals surface area contributed by atoms with Crippen LogP contribution in [0, 0.1) is 5.92 Å². The lowest BCUT2D eigenvalue weighted by Crippen LogP contribution is -2.17. The predicted octanol–water partition coefficient (Wildman–Crippen LogP) is 2.49. The molecular weight excluding hydrogens is 244 g/mol. The van der Waals surface area contributed by atoms with Crippen molar-refractivity contribution >= 4 is 5.97 Å². The van der Waals surface area contributed by atoms with Crippen LogP contribution in [0.15, 0.2) is 0 Å². The number of rotatable bonds is 4. The number of aromatic nitrogens is 3. The van der Waals surface area contributed by atoms with Gasteiger partial charge in [-0.2, -0.15) is 0 Å². The first-order valence-corrected chi connectivity index (χ1v) is 6.04. The van der Waals surface area contributed by atoms with E-state index in [-0.39, 0.29) is 0 Å². The highest BCUT2D eigenvalue weighted by Gasteiger charge is 2.27. The topological polar surface area (TPSA) is 68.0 Å². The minimum Gasteiger partial charge on any atom is -0.476 e. The van der Waals surface area contributed by atoms with Crippen molar-refractivity contribution < 1.29 is 18.7 Å². The van der Waals surface area contributed by atoms with E-state index in [9.17, 15) is 13.6 Å². The molecule has 0 amide bonds. The average molecular weight is 259 g/mol. The fraction of sp³-hybridized carbons (Fsp3) is 0.727. The SMILES string of the molecule is O=C(O)c1nnn(CC2CCCCC2)c1C(F)F. The Labute approximate surface area is 103 Å². The van der Waals surface area contributed by atoms with Gasteiger partial charge in [-0.1, -0.05) is 24.5 Å². The third-order valence-corrected chi connectivity index (χ3v) is 3.34. The Balaban J connectivity index is 2.19. The molecule has 1 N–H and O–H groups in total. The van der Waals surface area contributed by atoms with Crippen molar-refractivity contribution in [2.45, 2.75) is 45.1 Å². The molecule has 0 spiro atoms. The lowest BCUT2D eigenvalue weighted by molar-refractivity contribution is 0.0675. The van der Waals surface area contributed by atoms with E-state index in [1.165, 1.54) is 6.42 Å². The van der Waals surface area contributed by atoms with Gasteiger partial charge in [-0.15, -0.1) is 5.10 Å². The molecule has 0 radical (unpaired) electrons. The van der Waals surface area contributed by atoms with Gasteiger partial charge in [-0.05, 0) is 18.8 Å². The van der Waals surface area contributed by atoms with E-state index in [0.29, 0.717) is 12.5 Å². The van der Waals surface area contributed by atoms with Crippen LogP contribution in [-0.4, -0.2) is 26.1 Å². The summed E-state index contributed by atoms with van der Waals surface area (Å²) in [7, 11) is 0. The molecule has 0 atom stereocenters. The zero-order valence-electron chi connectivity index (χ0n) is 9.85. The van der Waals surface area contributed by atoms with Crippen molar-refractivity contribution in [2.24, 2.45) is 5.92 Å². The molecule has 1 aromatic heterocycles. The smallest absolute Gasteiger partial charge is 0.358 e. The highest BCUT2D eigenvalue weighted by Crippen LogP contribution is 2.27. The van der Waals surface area contributed by atoms with E-state index in [2.05, 4.69) is 10.3 Å². The number of hydrogen-bond donors (Lipinski definition) is 1. The Morgan fingerprint density at radius 3 is 2.61 bits per heavy atom. The van der Waals surface area contributed by atoms with Crippen LogP contribution in [0.3, 0.4) is 0 Å². The normalized spacial score (nSPS) is 17.3. The summed E-state index contributed by atoms with van der Waals surface area (Å²) in [6.45, 7) is 0.333. The summed E-state index contributed by atoms with van der Waals surface area (Å²) in [5, 5.41) is 15.7. The monoisotopic (exact) mass is 259 g/mol. The Morgan fingerprint density at radius 1 is 1.39 bits per heavy atom. The van der Waals surface area contributed by atoms with E-state index in [4.69, 9.17) is 5.11 Å². The van der Waals surface area contributed by atoms with Crippen LogP contribution >= 0.6 is 0 Å². The molecular formula is C11H15F2N3O2. The standard InChI is InChI=1S/C11H15F2N3O2/c12-10(13)9-8(11(17)18)14-15-16(9)6-7-4-2-1-3-5-7/h7,10H,1-6H2,(H,17,18). The lowest BCUT2D eigenvalue weighted by atomic mass is 9.89. The molecule has 0 aliphatic heterocycles. The summed E-state index contributed by atoms with van der Waals surface area (Å²) in [5.41, 5.74) is -1.21. The van der Waals surface area contributed by atoms with Gasteiger partial charge in [0.1, 0.15) is 5.69 Å². The minimum atomic E-state index is -2.87. The van der Waals surface area contributed by atoms with Crippen LogP contribution in [0.25, 0.3) is 0 Å². The summed E-state index contributed by atoms with van der Waals surface area (Å²) in [6.07, 6.45) is 2.45. The molecule has 1 aromatic rings. The Morgan fingerprint density at radius 2 is 2.06 bits per heavy atom. The third kappa shape index (κ3) is 2.65. The molecule has 1 aliphatic carbocycles. The highest BCUT2D eigenvalue weighted by atomic mass is 19.3. The molecule has 0 saturated heterocycles. The first kappa shape index (κ1) is 12.9.